The van der Waals surface area contributed by atoms with Gasteiger partial charge < -0.3 is 0 Å². The molecular weight excluding hydrogens is 112 g/mol. The van der Waals surface area contributed by atoms with E-state index in [1.807, 2.05) is 0 Å². The molecule has 2 aliphatic carbocycles. The lowest BCUT2D eigenvalue weighted by Gasteiger charge is -1.96. The largest absolute Gasteiger partial charge is 0.0851 e. The van der Waals surface area contributed by atoms with Gasteiger partial charge in [-0.2, -0.15) is 0 Å². The minimum absolute atomic E-state index is 0. The third-order valence-electron chi connectivity index (χ3n) is 2.17. The van der Waals surface area contributed by atoms with Gasteiger partial charge in [-0.15, -0.1) is 0 Å². The van der Waals surface area contributed by atoms with Crippen LogP contribution in [0.2, 0.25) is 0 Å². The van der Waals surface area contributed by atoms with Crippen molar-refractivity contribution in [2.24, 2.45) is 11.8 Å². The maximum absolute atomic E-state index is 2.38. The van der Waals surface area contributed by atoms with Gasteiger partial charge in [-0.25, -0.2) is 0 Å². The van der Waals surface area contributed by atoms with Gasteiger partial charge in [0.2, 0.25) is 0 Å². The average Bonchev–Trinajstić information content (AvgIpc) is 2.22. The zero-order chi connectivity index (χ0) is 4.69. The summed E-state index contributed by atoms with van der Waals surface area (Å²) in [4.78, 5) is 0. The maximum Gasteiger partial charge on any atom is -0.0149 e. The van der Waals surface area contributed by atoms with Crippen LogP contribution in [0, 0.1) is 11.8 Å². The molecule has 2 atom stereocenters. The van der Waals surface area contributed by atoms with Crippen LogP contribution in [0.25, 0.3) is 0 Å². The summed E-state index contributed by atoms with van der Waals surface area (Å²) < 4.78 is 0. The molecule has 2 unspecified atom stereocenters. The Morgan fingerprint density at radius 2 is 1.50 bits per heavy atom. The third-order valence-corrected chi connectivity index (χ3v) is 2.17. The third kappa shape index (κ3) is 0.751. The van der Waals surface area contributed by atoms with Gasteiger partial charge in [0.05, 0.1) is 0 Å². The average molecular weight is 126 g/mol. The number of allylic oxidation sites excluding steroid dienone is 2. The van der Waals surface area contributed by atoms with Crippen molar-refractivity contribution < 1.29 is 0 Å². The summed E-state index contributed by atoms with van der Waals surface area (Å²) in [7, 11) is 0. The summed E-state index contributed by atoms with van der Waals surface area (Å²) in [6, 6.07) is 0. The van der Waals surface area contributed by atoms with Gasteiger partial charge in [-0.3, -0.25) is 0 Å². The SMILES string of the molecule is C1=CC2CCC1C2.[SiH4]. The summed E-state index contributed by atoms with van der Waals surface area (Å²) in [5.74, 6) is 1.98. The van der Waals surface area contributed by atoms with Gasteiger partial charge in [0.25, 0.3) is 0 Å². The molecular formula is C7H14Si. The fourth-order valence-electron chi connectivity index (χ4n) is 1.72. The Hall–Kier alpha value is -0.0431. The Morgan fingerprint density at radius 3 is 1.62 bits per heavy atom. The van der Waals surface area contributed by atoms with Crippen LogP contribution in [0.3, 0.4) is 0 Å². The van der Waals surface area contributed by atoms with Crippen LogP contribution >= 0.6 is 0 Å². The topological polar surface area (TPSA) is 0 Å². The van der Waals surface area contributed by atoms with Crippen LogP contribution in [0.4, 0.5) is 0 Å². The summed E-state index contributed by atoms with van der Waals surface area (Å²) in [6.45, 7) is 0. The second-order valence-corrected chi connectivity index (χ2v) is 2.72. The number of hydrogen-bond acceptors (Lipinski definition) is 0. The van der Waals surface area contributed by atoms with Crippen molar-refractivity contribution >= 4 is 11.0 Å². The van der Waals surface area contributed by atoms with E-state index in [9.17, 15) is 0 Å². The van der Waals surface area contributed by atoms with E-state index < -0.39 is 0 Å². The van der Waals surface area contributed by atoms with Crippen molar-refractivity contribution in [2.75, 3.05) is 0 Å². The van der Waals surface area contributed by atoms with Crippen LogP contribution in [-0.4, -0.2) is 11.0 Å². The number of fused-ring (bicyclic) bond motifs is 2. The van der Waals surface area contributed by atoms with E-state index in [2.05, 4.69) is 12.2 Å². The van der Waals surface area contributed by atoms with E-state index in [1.54, 1.807) is 0 Å². The summed E-state index contributed by atoms with van der Waals surface area (Å²) in [5, 5.41) is 0. The quantitative estimate of drug-likeness (QED) is 0.328. The molecule has 0 saturated heterocycles. The second kappa shape index (κ2) is 2.06. The molecule has 1 saturated carbocycles. The van der Waals surface area contributed by atoms with Gasteiger partial charge in [-0.1, -0.05) is 12.2 Å². The van der Waals surface area contributed by atoms with Crippen molar-refractivity contribution in [3.05, 3.63) is 12.2 Å². The molecule has 0 aromatic carbocycles. The van der Waals surface area contributed by atoms with E-state index in [1.165, 1.54) is 19.3 Å². The molecule has 0 heterocycles. The molecule has 2 bridgehead atoms. The molecule has 46 valence electrons. The second-order valence-electron chi connectivity index (χ2n) is 2.72. The van der Waals surface area contributed by atoms with Gasteiger partial charge in [-0.05, 0) is 42.1 Å². The lowest BCUT2D eigenvalue weighted by Crippen LogP contribution is -1.82. The van der Waals surface area contributed by atoms with E-state index in [4.69, 9.17) is 0 Å². The molecule has 0 aromatic heterocycles. The fourth-order valence-corrected chi connectivity index (χ4v) is 1.72. The molecule has 1 heteroatoms. The normalized spacial score (nSPS) is 40.0. The molecule has 1 fully saturated rings. The molecule has 0 radical (unpaired) electrons. The van der Waals surface area contributed by atoms with Crippen LogP contribution in [0.1, 0.15) is 19.3 Å². The summed E-state index contributed by atoms with van der Waals surface area (Å²) in [6.07, 6.45) is 9.19. The monoisotopic (exact) mass is 126 g/mol. The van der Waals surface area contributed by atoms with Crippen molar-refractivity contribution in [1.29, 1.82) is 0 Å². The zero-order valence-corrected chi connectivity index (χ0v) is 4.43. The van der Waals surface area contributed by atoms with E-state index in [0.717, 1.165) is 11.8 Å². The molecule has 0 nitrogen and oxygen atoms in total. The molecule has 0 N–H and O–H groups in total. The summed E-state index contributed by atoms with van der Waals surface area (Å²) in [5.41, 5.74) is 0. The van der Waals surface area contributed by atoms with Gasteiger partial charge in [0, 0.05) is 0 Å². The van der Waals surface area contributed by atoms with Crippen molar-refractivity contribution in [2.45, 2.75) is 19.3 Å². The predicted octanol–water partition coefficient (Wildman–Crippen LogP) is 0.521. The van der Waals surface area contributed by atoms with Gasteiger partial charge in [0.15, 0.2) is 0 Å². The van der Waals surface area contributed by atoms with E-state index in [0.29, 0.717) is 0 Å². The number of hydrogen-bond donors (Lipinski definition) is 0. The molecule has 2 aliphatic rings. The first-order valence-corrected chi connectivity index (χ1v) is 3.13. The summed E-state index contributed by atoms with van der Waals surface area (Å²) >= 11 is 0. The number of rotatable bonds is 0. The maximum atomic E-state index is 2.38. The van der Waals surface area contributed by atoms with Crippen molar-refractivity contribution in [3.63, 3.8) is 0 Å². The zero-order valence-electron chi connectivity index (χ0n) is 4.43. The first-order valence-electron chi connectivity index (χ1n) is 3.13. The minimum Gasteiger partial charge on any atom is -0.0851 e. The Balaban J connectivity index is 0.000000320. The highest BCUT2D eigenvalue weighted by Gasteiger charge is 2.25. The van der Waals surface area contributed by atoms with Gasteiger partial charge in [0.1, 0.15) is 0 Å². The standard InChI is InChI=1S/C7H10.H4Si/c1-2-7-4-3-6(1)5-7;/h1-2,6-7H,3-5H2;1H4. The highest BCUT2D eigenvalue weighted by molar-refractivity contribution is 5.75. The van der Waals surface area contributed by atoms with Crippen LogP contribution in [0.5, 0.6) is 0 Å². The smallest absolute Gasteiger partial charge is 0.0149 e. The highest BCUT2D eigenvalue weighted by Crippen LogP contribution is 2.38. The lowest BCUT2D eigenvalue weighted by atomic mass is 10.1. The van der Waals surface area contributed by atoms with Crippen molar-refractivity contribution in [3.8, 4) is 0 Å². The lowest BCUT2D eigenvalue weighted by molar-refractivity contribution is 0.691. The van der Waals surface area contributed by atoms with Crippen LogP contribution in [0.15, 0.2) is 12.2 Å². The molecule has 2 rings (SSSR count). The Labute approximate surface area is 55.0 Å². The minimum atomic E-state index is 0. The fraction of sp³-hybridized carbons (Fsp3) is 0.714. The molecule has 0 aromatic rings. The predicted molar refractivity (Wildman–Crippen MR) is 41.3 cm³/mol. The van der Waals surface area contributed by atoms with E-state index >= 15 is 0 Å². The Kier molecular flexibility index (Phi) is 1.56. The van der Waals surface area contributed by atoms with E-state index in [-0.39, 0.29) is 11.0 Å². The molecule has 0 aliphatic heterocycles. The van der Waals surface area contributed by atoms with Crippen LogP contribution < -0.4 is 0 Å². The first-order chi connectivity index (χ1) is 3.45. The van der Waals surface area contributed by atoms with Gasteiger partial charge >= 0.3 is 0 Å². The molecule has 8 heavy (non-hydrogen) atoms. The molecule has 0 amide bonds. The first kappa shape index (κ1) is 6.08. The van der Waals surface area contributed by atoms with Crippen LogP contribution in [-0.2, 0) is 0 Å². The van der Waals surface area contributed by atoms with Crippen molar-refractivity contribution in [1.82, 2.24) is 0 Å². The highest BCUT2D eigenvalue weighted by atomic mass is 28.1. The Morgan fingerprint density at radius 1 is 1.00 bits per heavy atom. The molecule has 0 spiro atoms. The Bertz CT molecular complexity index is 95.0.